The summed E-state index contributed by atoms with van der Waals surface area (Å²) < 4.78 is 58.8. The van der Waals surface area contributed by atoms with Crippen molar-refractivity contribution in [3.63, 3.8) is 0 Å². The van der Waals surface area contributed by atoms with Crippen LogP contribution >= 0.6 is 0 Å². The summed E-state index contributed by atoms with van der Waals surface area (Å²) in [6.45, 7) is 0. The molecule has 63 heavy (non-hydrogen) atoms. The van der Waals surface area contributed by atoms with Gasteiger partial charge < -0.3 is 36.5 Å². The minimum atomic E-state index is -4.78. The van der Waals surface area contributed by atoms with Crippen LogP contribution < -0.4 is 31.9 Å². The number of rotatable bonds is 16. The highest BCUT2D eigenvalue weighted by atomic mass is 32.2. The van der Waals surface area contributed by atoms with Crippen LogP contribution in [-0.2, 0) is 21.2 Å². The first-order valence-electron chi connectivity index (χ1n) is 19.0. The van der Waals surface area contributed by atoms with Crippen molar-refractivity contribution in [2.75, 3.05) is 31.9 Å². The highest BCUT2D eigenvalue weighted by molar-refractivity contribution is 7.86. The fourth-order valence-corrected chi connectivity index (χ4v) is 7.28. The average Bonchev–Trinajstić information content (AvgIpc) is 3.27. The number of anilines is 12. The number of para-hydroxylation sites is 4. The summed E-state index contributed by atoms with van der Waals surface area (Å²) in [5, 5.41) is 18.7. The summed E-state index contributed by atoms with van der Waals surface area (Å²) in [5.41, 5.74) is 3.94. The van der Waals surface area contributed by atoms with Crippen LogP contribution in [0, 0.1) is 0 Å². The van der Waals surface area contributed by atoms with E-state index < -0.39 is 26.1 Å². The van der Waals surface area contributed by atoms with E-state index in [1.54, 1.807) is 18.2 Å². The van der Waals surface area contributed by atoms with Gasteiger partial charge in [-0.25, -0.2) is 4.21 Å². The fourth-order valence-electron chi connectivity index (χ4n) is 6.00. The molecule has 0 saturated heterocycles. The molecule has 1 unspecified atom stereocenters. The van der Waals surface area contributed by atoms with E-state index in [2.05, 4.69) is 61.8 Å². The first kappa shape index (κ1) is 41.6. The van der Waals surface area contributed by atoms with Crippen LogP contribution in [0.2, 0.25) is 0 Å². The molecule has 8 aromatic rings. The molecule has 8 N–H and O–H groups in total. The topological polar surface area (TPSA) is 241 Å². The van der Waals surface area contributed by atoms with E-state index in [9.17, 15) is 21.7 Å². The summed E-state index contributed by atoms with van der Waals surface area (Å²) in [4.78, 5) is 26.5. The van der Waals surface area contributed by atoms with Crippen LogP contribution in [0.25, 0.3) is 12.2 Å². The minimum absolute atomic E-state index is 0.00284. The van der Waals surface area contributed by atoms with Crippen LogP contribution in [0.4, 0.5) is 69.8 Å². The smallest absolute Gasteiger partial charge is 0.295 e. The normalized spacial score (nSPS) is 11.7. The Balaban J connectivity index is 1.05. The van der Waals surface area contributed by atoms with Crippen molar-refractivity contribution in [3.8, 4) is 0 Å². The molecule has 0 aliphatic carbocycles. The number of nitrogens with zero attached hydrogens (tertiary/aromatic N) is 6. The predicted octanol–water partition coefficient (Wildman–Crippen LogP) is 9.52. The van der Waals surface area contributed by atoms with Gasteiger partial charge in [0.1, 0.15) is 4.90 Å². The molecule has 2 aromatic heterocycles. The van der Waals surface area contributed by atoms with Crippen molar-refractivity contribution in [1.82, 2.24) is 29.9 Å². The summed E-state index contributed by atoms with van der Waals surface area (Å²) in [5.74, 6) is 1.08. The molecule has 1 atom stereocenters. The Kier molecular flexibility index (Phi) is 12.6. The minimum Gasteiger partial charge on any atom is -0.324 e. The number of aromatic nitrogens is 6. The zero-order valence-corrected chi connectivity index (χ0v) is 34.4. The lowest BCUT2D eigenvalue weighted by Crippen LogP contribution is -2.08. The molecule has 0 radical (unpaired) electrons. The first-order valence-corrected chi connectivity index (χ1v) is 21.5. The van der Waals surface area contributed by atoms with Gasteiger partial charge in [0.2, 0.25) is 35.7 Å². The number of benzene rings is 6. The summed E-state index contributed by atoms with van der Waals surface area (Å²) in [6, 6.07) is 46.2. The summed E-state index contributed by atoms with van der Waals surface area (Å²) in [6.07, 6.45) is 2.87. The molecule has 6 aromatic carbocycles. The van der Waals surface area contributed by atoms with Gasteiger partial charge in [-0.1, -0.05) is 97.1 Å². The molecular weight excluding hydrogens is 841 g/mol. The molecule has 0 aliphatic rings. The molecule has 0 saturated carbocycles. The monoisotopic (exact) mass is 876 g/mol. The predicted molar refractivity (Wildman–Crippen MR) is 246 cm³/mol. The van der Waals surface area contributed by atoms with E-state index >= 15 is 0 Å². The Morgan fingerprint density at radius 2 is 0.714 bits per heavy atom. The van der Waals surface area contributed by atoms with Crippen molar-refractivity contribution in [3.05, 3.63) is 169 Å². The van der Waals surface area contributed by atoms with E-state index in [0.717, 1.165) is 22.7 Å². The van der Waals surface area contributed by atoms with Gasteiger partial charge in [0.05, 0.1) is 4.90 Å². The van der Waals surface area contributed by atoms with E-state index in [-0.39, 0.29) is 51.8 Å². The maximum absolute atomic E-state index is 12.7. The van der Waals surface area contributed by atoms with Gasteiger partial charge in [-0.15, -0.1) is 0 Å². The van der Waals surface area contributed by atoms with Crippen LogP contribution in [0.3, 0.4) is 0 Å². The fraction of sp³-hybridized carbons (Fsp3) is 0. The standard InChI is InChI=1S/C44H36N12O5S2/c57-62(58)37-27-35(49-43-53-39(45-31-13-5-1-6-14-31)51-40(54-43)46-32-15-7-2-8-16-32)25-23-29(37)21-22-30-24-26-36(28-38(30)63(59,60)61)50-44-55-41(47-33-17-9-3-10-18-33)52-42(56-44)48-34-19-11-4-12-20-34/h1-28H,(H,57,58)(H,59,60,61)(H3,45,46,49,51,53,54)(H3,47,48,50,52,55,56)/b22-21+. The van der Waals surface area contributed by atoms with Gasteiger partial charge in [-0.3, -0.25) is 4.55 Å². The van der Waals surface area contributed by atoms with Gasteiger partial charge in [0.25, 0.3) is 10.1 Å². The molecule has 0 spiro atoms. The Hall–Kier alpha value is -8.10. The van der Waals surface area contributed by atoms with E-state index in [0.29, 0.717) is 11.3 Å². The van der Waals surface area contributed by atoms with Crippen molar-refractivity contribution in [2.45, 2.75) is 9.79 Å². The first-order chi connectivity index (χ1) is 30.6. The highest BCUT2D eigenvalue weighted by Gasteiger charge is 2.18. The Morgan fingerprint density at radius 1 is 0.413 bits per heavy atom. The summed E-state index contributed by atoms with van der Waals surface area (Å²) >= 11 is -2.48. The van der Waals surface area contributed by atoms with Crippen molar-refractivity contribution in [1.29, 1.82) is 0 Å². The van der Waals surface area contributed by atoms with Crippen LogP contribution in [-0.4, -0.2) is 51.6 Å². The van der Waals surface area contributed by atoms with Crippen molar-refractivity contribution < 1.29 is 21.7 Å². The Morgan fingerprint density at radius 3 is 1.05 bits per heavy atom. The second-order valence-corrected chi connectivity index (χ2v) is 15.7. The van der Waals surface area contributed by atoms with E-state index in [4.69, 9.17) is 0 Å². The number of hydrogen-bond acceptors (Lipinski definition) is 15. The van der Waals surface area contributed by atoms with Crippen molar-refractivity contribution in [2.24, 2.45) is 0 Å². The quantitative estimate of drug-likeness (QED) is 0.0256. The second-order valence-electron chi connectivity index (χ2n) is 13.4. The Labute approximate surface area is 363 Å². The van der Waals surface area contributed by atoms with Crippen LogP contribution in [0.15, 0.2) is 168 Å². The third kappa shape index (κ3) is 11.4. The lowest BCUT2D eigenvalue weighted by atomic mass is 10.1. The lowest BCUT2D eigenvalue weighted by molar-refractivity contribution is 0.483. The van der Waals surface area contributed by atoms with Gasteiger partial charge in [-0.2, -0.15) is 38.3 Å². The maximum Gasteiger partial charge on any atom is 0.295 e. The van der Waals surface area contributed by atoms with Gasteiger partial charge in [0, 0.05) is 34.1 Å². The Bertz CT molecular complexity index is 2910. The molecule has 19 heteroatoms. The third-order valence-electron chi connectivity index (χ3n) is 8.84. The molecule has 0 fully saturated rings. The third-order valence-corrected chi connectivity index (χ3v) is 10.5. The largest absolute Gasteiger partial charge is 0.324 e. The number of hydrogen-bond donors (Lipinski definition) is 8. The SMILES string of the molecule is O=S(O)c1cc(Nc2nc(Nc3ccccc3)nc(Nc3ccccc3)n2)ccc1/C=C/c1ccc(Nc2nc(Nc3ccccc3)nc(Nc3ccccc3)n2)cc1S(=O)(=O)O. The molecule has 0 bridgehead atoms. The summed E-state index contributed by atoms with van der Waals surface area (Å²) in [7, 11) is -4.78. The lowest BCUT2D eigenvalue weighted by Gasteiger charge is -2.13. The van der Waals surface area contributed by atoms with Gasteiger partial charge in [0.15, 0.2) is 11.1 Å². The number of nitrogens with one attached hydrogen (secondary N) is 6. The zero-order valence-electron chi connectivity index (χ0n) is 32.8. The molecule has 8 rings (SSSR count). The molecular formula is C44H36N12O5S2. The van der Waals surface area contributed by atoms with Crippen LogP contribution in [0.5, 0.6) is 0 Å². The molecule has 17 nitrogen and oxygen atoms in total. The second kappa shape index (κ2) is 19.1. The molecule has 0 amide bonds. The van der Waals surface area contributed by atoms with E-state index in [1.165, 1.54) is 30.4 Å². The van der Waals surface area contributed by atoms with Gasteiger partial charge >= 0.3 is 0 Å². The highest BCUT2D eigenvalue weighted by Crippen LogP contribution is 2.29. The van der Waals surface area contributed by atoms with E-state index in [1.807, 2.05) is 121 Å². The molecule has 2 heterocycles. The van der Waals surface area contributed by atoms with Crippen molar-refractivity contribution >= 4 is 103 Å². The molecule has 314 valence electrons. The molecule has 0 aliphatic heterocycles. The maximum atomic E-state index is 12.7. The average molecular weight is 877 g/mol. The van der Waals surface area contributed by atoms with Gasteiger partial charge in [-0.05, 0) is 83.9 Å². The zero-order chi connectivity index (χ0) is 43.6. The van der Waals surface area contributed by atoms with Crippen LogP contribution in [0.1, 0.15) is 11.1 Å².